The second kappa shape index (κ2) is 5.18. The number of phenolic OH excluding ortho intramolecular Hbond substituents is 1. The van der Waals surface area contributed by atoms with Crippen molar-refractivity contribution in [2.24, 2.45) is 7.05 Å². The van der Waals surface area contributed by atoms with Gasteiger partial charge in [-0.2, -0.15) is 0 Å². The zero-order valence-electron chi connectivity index (χ0n) is 10.5. The Morgan fingerprint density at radius 3 is 2.83 bits per heavy atom. The van der Waals surface area contributed by atoms with Crippen LogP contribution in [0, 0.1) is 5.82 Å². The van der Waals surface area contributed by atoms with Gasteiger partial charge in [0.25, 0.3) is 0 Å². The molecule has 18 heavy (non-hydrogen) atoms. The average molecular weight is 249 g/mol. The van der Waals surface area contributed by atoms with Crippen molar-refractivity contribution in [3.8, 4) is 5.75 Å². The lowest BCUT2D eigenvalue weighted by Crippen LogP contribution is -2.19. The van der Waals surface area contributed by atoms with Gasteiger partial charge < -0.3 is 9.67 Å². The lowest BCUT2D eigenvalue weighted by atomic mass is 10.2. The Labute approximate surface area is 105 Å². The molecule has 0 unspecified atom stereocenters. The summed E-state index contributed by atoms with van der Waals surface area (Å²) in [4.78, 5) is 6.19. The minimum Gasteiger partial charge on any atom is -0.508 e. The molecule has 0 atom stereocenters. The molecule has 1 aromatic heterocycles. The van der Waals surface area contributed by atoms with Crippen LogP contribution in [0.5, 0.6) is 5.75 Å². The number of hydrogen-bond donors (Lipinski definition) is 1. The van der Waals surface area contributed by atoms with Crippen LogP contribution >= 0.6 is 0 Å². The summed E-state index contributed by atoms with van der Waals surface area (Å²) in [6.45, 7) is 1.11. The minimum absolute atomic E-state index is 0.114. The monoisotopic (exact) mass is 249 g/mol. The topological polar surface area (TPSA) is 41.3 Å². The predicted molar refractivity (Wildman–Crippen MR) is 66.4 cm³/mol. The van der Waals surface area contributed by atoms with Crippen LogP contribution in [0.3, 0.4) is 0 Å². The molecule has 1 aromatic carbocycles. The Bertz CT molecular complexity index is 539. The smallest absolute Gasteiger partial charge is 0.123 e. The molecule has 0 saturated heterocycles. The number of hydrogen-bond acceptors (Lipinski definition) is 3. The molecule has 0 saturated carbocycles. The van der Waals surface area contributed by atoms with Gasteiger partial charge in [-0.15, -0.1) is 0 Å². The first-order valence-corrected chi connectivity index (χ1v) is 5.68. The van der Waals surface area contributed by atoms with Gasteiger partial charge in [0.15, 0.2) is 0 Å². The highest BCUT2D eigenvalue weighted by molar-refractivity contribution is 5.32. The number of rotatable bonds is 4. The van der Waals surface area contributed by atoms with Crippen molar-refractivity contribution in [1.82, 2.24) is 14.5 Å². The number of nitrogens with zero attached hydrogens (tertiary/aromatic N) is 3. The Kier molecular flexibility index (Phi) is 3.62. The molecule has 0 aliphatic heterocycles. The van der Waals surface area contributed by atoms with E-state index < -0.39 is 0 Å². The fourth-order valence-corrected chi connectivity index (χ4v) is 1.82. The third kappa shape index (κ3) is 2.87. The molecule has 1 N–H and O–H groups in total. The molecule has 0 aliphatic rings. The Hall–Kier alpha value is -1.88. The van der Waals surface area contributed by atoms with E-state index in [9.17, 15) is 9.50 Å². The number of phenols is 1. The van der Waals surface area contributed by atoms with Crippen LogP contribution in [-0.4, -0.2) is 26.6 Å². The maximum absolute atomic E-state index is 13.1. The van der Waals surface area contributed by atoms with Crippen molar-refractivity contribution in [3.63, 3.8) is 0 Å². The minimum atomic E-state index is -0.340. The molecule has 2 aromatic rings. The summed E-state index contributed by atoms with van der Waals surface area (Å²) in [6.07, 6.45) is 3.62. The maximum Gasteiger partial charge on any atom is 0.123 e. The highest BCUT2D eigenvalue weighted by atomic mass is 19.1. The zero-order valence-corrected chi connectivity index (χ0v) is 10.5. The fraction of sp³-hybridized carbons (Fsp3) is 0.308. The van der Waals surface area contributed by atoms with Gasteiger partial charge in [0.05, 0.1) is 6.54 Å². The van der Waals surface area contributed by atoms with E-state index >= 15 is 0 Å². The van der Waals surface area contributed by atoms with Crippen molar-refractivity contribution >= 4 is 0 Å². The predicted octanol–water partition coefficient (Wildman–Crippen LogP) is 1.90. The van der Waals surface area contributed by atoms with E-state index in [0.29, 0.717) is 18.7 Å². The van der Waals surface area contributed by atoms with Crippen molar-refractivity contribution in [1.29, 1.82) is 0 Å². The third-order valence-corrected chi connectivity index (χ3v) is 2.81. The molecule has 96 valence electrons. The molecule has 0 spiro atoms. The quantitative estimate of drug-likeness (QED) is 0.899. The number of halogens is 1. The van der Waals surface area contributed by atoms with Gasteiger partial charge in [0.2, 0.25) is 0 Å². The maximum atomic E-state index is 13.1. The van der Waals surface area contributed by atoms with Crippen LogP contribution in [0.1, 0.15) is 11.4 Å². The van der Waals surface area contributed by atoms with Crippen molar-refractivity contribution in [2.75, 3.05) is 7.05 Å². The summed E-state index contributed by atoms with van der Waals surface area (Å²) in [5, 5.41) is 9.65. The van der Waals surface area contributed by atoms with Gasteiger partial charge in [0.1, 0.15) is 17.4 Å². The Balaban J connectivity index is 2.05. The summed E-state index contributed by atoms with van der Waals surface area (Å²) in [7, 11) is 3.83. The number of aromatic nitrogens is 2. The van der Waals surface area contributed by atoms with E-state index in [1.807, 2.05) is 29.8 Å². The normalized spacial score (nSPS) is 11.1. The largest absolute Gasteiger partial charge is 0.508 e. The molecule has 0 fully saturated rings. The van der Waals surface area contributed by atoms with Gasteiger partial charge in [-0.3, -0.25) is 4.90 Å². The second-order valence-electron chi connectivity index (χ2n) is 4.40. The Morgan fingerprint density at radius 1 is 1.39 bits per heavy atom. The molecule has 0 aliphatic carbocycles. The van der Waals surface area contributed by atoms with E-state index in [1.165, 1.54) is 18.2 Å². The molecule has 1 heterocycles. The number of aromatic hydroxyl groups is 1. The number of aryl methyl sites for hydroxylation is 1. The summed E-state index contributed by atoms with van der Waals surface area (Å²) >= 11 is 0. The van der Waals surface area contributed by atoms with Crippen LogP contribution < -0.4 is 0 Å². The first kappa shape index (κ1) is 12.6. The Morgan fingerprint density at radius 2 is 2.17 bits per heavy atom. The third-order valence-electron chi connectivity index (χ3n) is 2.81. The average Bonchev–Trinajstić information content (AvgIpc) is 2.70. The van der Waals surface area contributed by atoms with Crippen LogP contribution in [0.2, 0.25) is 0 Å². The van der Waals surface area contributed by atoms with Crippen molar-refractivity contribution in [2.45, 2.75) is 13.1 Å². The lowest BCUT2D eigenvalue weighted by Gasteiger charge is -2.17. The van der Waals surface area contributed by atoms with E-state index in [2.05, 4.69) is 4.98 Å². The van der Waals surface area contributed by atoms with E-state index in [4.69, 9.17) is 0 Å². The van der Waals surface area contributed by atoms with Gasteiger partial charge >= 0.3 is 0 Å². The number of imidazole rings is 1. The van der Waals surface area contributed by atoms with Gasteiger partial charge in [-0.25, -0.2) is 9.37 Å². The first-order valence-electron chi connectivity index (χ1n) is 5.68. The van der Waals surface area contributed by atoms with Crippen molar-refractivity contribution < 1.29 is 9.50 Å². The molecule has 0 bridgehead atoms. The summed E-state index contributed by atoms with van der Waals surface area (Å²) in [5.41, 5.74) is 0.576. The fourth-order valence-electron chi connectivity index (χ4n) is 1.82. The highest BCUT2D eigenvalue weighted by Gasteiger charge is 2.09. The number of benzene rings is 1. The molecule has 5 heteroatoms. The van der Waals surface area contributed by atoms with Gasteiger partial charge in [0, 0.05) is 31.5 Å². The molecular formula is C13H16FN3O. The first-order chi connectivity index (χ1) is 8.56. The molecule has 0 radical (unpaired) electrons. The van der Waals surface area contributed by atoms with Crippen LogP contribution in [0.25, 0.3) is 0 Å². The van der Waals surface area contributed by atoms with Crippen LogP contribution in [-0.2, 0) is 20.1 Å². The highest BCUT2D eigenvalue weighted by Crippen LogP contribution is 2.19. The van der Waals surface area contributed by atoms with Gasteiger partial charge in [-0.05, 0) is 25.2 Å². The van der Waals surface area contributed by atoms with Gasteiger partial charge in [-0.1, -0.05) is 0 Å². The van der Waals surface area contributed by atoms with E-state index in [-0.39, 0.29) is 11.6 Å². The van der Waals surface area contributed by atoms with Crippen LogP contribution in [0.4, 0.5) is 4.39 Å². The SMILES string of the molecule is CN(Cc1cc(F)ccc1O)Cc1nccn1C. The van der Waals surface area contributed by atoms with Crippen molar-refractivity contribution in [3.05, 3.63) is 47.8 Å². The molecule has 0 amide bonds. The van der Waals surface area contributed by atoms with E-state index in [1.54, 1.807) is 6.20 Å². The summed E-state index contributed by atoms with van der Waals surface area (Å²) in [6, 6.07) is 3.97. The zero-order chi connectivity index (χ0) is 13.1. The summed E-state index contributed by atoms with van der Waals surface area (Å²) < 4.78 is 15.0. The van der Waals surface area contributed by atoms with Crippen LogP contribution in [0.15, 0.2) is 30.6 Å². The molecule has 2 rings (SSSR count). The molecule has 4 nitrogen and oxygen atoms in total. The second-order valence-corrected chi connectivity index (χ2v) is 4.40. The molecular weight excluding hydrogens is 233 g/mol. The lowest BCUT2D eigenvalue weighted by molar-refractivity contribution is 0.301. The van der Waals surface area contributed by atoms with E-state index in [0.717, 1.165) is 5.82 Å². The standard InChI is InChI=1S/C13H16FN3O/c1-16(9-13-15-5-6-17(13)2)8-10-7-11(14)3-4-12(10)18/h3-7,18H,8-9H2,1-2H3. The summed E-state index contributed by atoms with van der Waals surface area (Å²) in [5.74, 6) is 0.699.